The summed E-state index contributed by atoms with van der Waals surface area (Å²) in [5, 5.41) is 13.4. The third-order valence-corrected chi connectivity index (χ3v) is 3.52. The van der Waals surface area contributed by atoms with Crippen LogP contribution in [0.4, 0.5) is 0 Å². The van der Waals surface area contributed by atoms with Crippen LogP contribution in [0.15, 0.2) is 16.7 Å². The zero-order valence-corrected chi connectivity index (χ0v) is 11.1. The van der Waals surface area contributed by atoms with Gasteiger partial charge in [0, 0.05) is 31.7 Å². The molecule has 1 aromatic rings. The maximum absolute atomic E-state index is 11.4. The fraction of sp³-hybridized carbons (Fsp3) is 0.615. The van der Waals surface area contributed by atoms with Gasteiger partial charge in [0.05, 0.1) is 19.5 Å². The van der Waals surface area contributed by atoms with Gasteiger partial charge < -0.3 is 24.3 Å². The van der Waals surface area contributed by atoms with Crippen LogP contribution in [-0.4, -0.2) is 43.0 Å². The van der Waals surface area contributed by atoms with E-state index >= 15 is 0 Å². The number of nitrogens with one attached hydrogen (secondary N) is 1. The van der Waals surface area contributed by atoms with E-state index in [0.29, 0.717) is 31.7 Å². The summed E-state index contributed by atoms with van der Waals surface area (Å²) in [5.41, 5.74) is -0.142. The number of furan rings is 1. The van der Waals surface area contributed by atoms with E-state index in [1.807, 2.05) is 6.92 Å². The SMILES string of the molecule is COC(=O)c1occc1CNCC1(O)CCOC1C. The monoisotopic (exact) mass is 269 g/mol. The third-order valence-electron chi connectivity index (χ3n) is 3.52. The first-order chi connectivity index (χ1) is 9.07. The van der Waals surface area contributed by atoms with E-state index in [-0.39, 0.29) is 11.9 Å². The summed E-state index contributed by atoms with van der Waals surface area (Å²) in [6, 6.07) is 1.71. The highest BCUT2D eigenvalue weighted by Crippen LogP contribution is 2.24. The summed E-state index contributed by atoms with van der Waals surface area (Å²) in [4.78, 5) is 11.4. The number of esters is 1. The molecule has 1 saturated heterocycles. The van der Waals surface area contributed by atoms with Crippen LogP contribution in [0.1, 0.15) is 29.5 Å². The molecule has 0 aromatic carbocycles. The summed E-state index contributed by atoms with van der Waals surface area (Å²) in [6.07, 6.45) is 1.86. The minimum atomic E-state index is -0.852. The third kappa shape index (κ3) is 2.97. The van der Waals surface area contributed by atoms with Crippen molar-refractivity contribution in [3.05, 3.63) is 23.7 Å². The van der Waals surface area contributed by atoms with E-state index in [2.05, 4.69) is 10.1 Å². The van der Waals surface area contributed by atoms with Crippen LogP contribution in [-0.2, 0) is 16.0 Å². The van der Waals surface area contributed by atoms with E-state index in [9.17, 15) is 9.90 Å². The van der Waals surface area contributed by atoms with Gasteiger partial charge >= 0.3 is 5.97 Å². The Labute approximate surface area is 111 Å². The molecule has 0 bridgehead atoms. The Hall–Kier alpha value is -1.37. The molecule has 106 valence electrons. The van der Waals surface area contributed by atoms with Crippen LogP contribution in [0.25, 0.3) is 0 Å². The van der Waals surface area contributed by atoms with Crippen LogP contribution in [0, 0.1) is 0 Å². The van der Waals surface area contributed by atoms with Gasteiger partial charge in [-0.15, -0.1) is 0 Å². The normalized spacial score (nSPS) is 26.6. The average Bonchev–Trinajstić information content (AvgIpc) is 2.97. The Balaban J connectivity index is 1.89. The van der Waals surface area contributed by atoms with Gasteiger partial charge in [-0.05, 0) is 13.0 Å². The van der Waals surface area contributed by atoms with E-state index in [0.717, 1.165) is 0 Å². The summed E-state index contributed by atoms with van der Waals surface area (Å²) in [7, 11) is 1.31. The van der Waals surface area contributed by atoms with Gasteiger partial charge in [-0.1, -0.05) is 0 Å². The highest BCUT2D eigenvalue weighted by atomic mass is 16.5. The molecule has 1 aromatic heterocycles. The molecule has 0 aliphatic carbocycles. The topological polar surface area (TPSA) is 80.9 Å². The van der Waals surface area contributed by atoms with E-state index in [1.54, 1.807) is 6.07 Å². The number of rotatable bonds is 5. The van der Waals surface area contributed by atoms with Crippen LogP contribution in [0.2, 0.25) is 0 Å². The van der Waals surface area contributed by atoms with Crippen molar-refractivity contribution in [3.63, 3.8) is 0 Å². The zero-order chi connectivity index (χ0) is 13.9. The van der Waals surface area contributed by atoms with Crippen LogP contribution in [0.3, 0.4) is 0 Å². The number of carbonyl (C=O) groups excluding carboxylic acids is 1. The molecule has 0 spiro atoms. The van der Waals surface area contributed by atoms with Crippen LogP contribution >= 0.6 is 0 Å². The second kappa shape index (κ2) is 5.73. The minimum Gasteiger partial charge on any atom is -0.463 e. The molecule has 2 heterocycles. The van der Waals surface area contributed by atoms with Crippen molar-refractivity contribution in [3.8, 4) is 0 Å². The molecule has 0 radical (unpaired) electrons. The van der Waals surface area contributed by atoms with Gasteiger partial charge in [-0.2, -0.15) is 0 Å². The molecule has 2 atom stereocenters. The molecule has 6 nitrogen and oxygen atoms in total. The van der Waals surface area contributed by atoms with Crippen LogP contribution in [0.5, 0.6) is 0 Å². The molecule has 0 saturated carbocycles. The maximum Gasteiger partial charge on any atom is 0.374 e. The predicted molar refractivity (Wildman–Crippen MR) is 66.7 cm³/mol. The van der Waals surface area contributed by atoms with Crippen molar-refractivity contribution >= 4 is 5.97 Å². The van der Waals surface area contributed by atoms with Crippen molar-refractivity contribution in [2.45, 2.75) is 31.6 Å². The molecule has 2 rings (SSSR count). The summed E-state index contributed by atoms with van der Waals surface area (Å²) in [5.74, 6) is -0.309. The van der Waals surface area contributed by atoms with Gasteiger partial charge in [-0.25, -0.2) is 4.79 Å². The van der Waals surface area contributed by atoms with Crippen molar-refractivity contribution in [2.75, 3.05) is 20.3 Å². The molecular formula is C13H19NO5. The molecule has 1 aliphatic rings. The number of carbonyl (C=O) groups is 1. The Kier molecular flexibility index (Phi) is 4.24. The average molecular weight is 269 g/mol. The quantitative estimate of drug-likeness (QED) is 0.766. The maximum atomic E-state index is 11.4. The number of ether oxygens (including phenoxy) is 2. The van der Waals surface area contributed by atoms with Crippen molar-refractivity contribution in [1.82, 2.24) is 5.32 Å². The Bertz CT molecular complexity index is 444. The lowest BCUT2D eigenvalue weighted by Crippen LogP contribution is -2.45. The molecule has 2 unspecified atom stereocenters. The number of hydrogen-bond acceptors (Lipinski definition) is 6. The molecule has 0 amide bonds. The standard InChI is InChI=1S/C13H19NO5/c1-9-13(16,4-6-18-9)8-14-7-10-3-5-19-11(10)12(15)17-2/h3,5,9,14,16H,4,6-8H2,1-2H3. The van der Waals surface area contributed by atoms with E-state index in [1.165, 1.54) is 13.4 Å². The number of hydrogen-bond donors (Lipinski definition) is 2. The van der Waals surface area contributed by atoms with Crippen molar-refractivity contribution in [1.29, 1.82) is 0 Å². The second-order valence-electron chi connectivity index (χ2n) is 4.74. The van der Waals surface area contributed by atoms with Gasteiger partial charge in [0.25, 0.3) is 0 Å². The summed E-state index contributed by atoms with van der Waals surface area (Å²) < 4.78 is 15.1. The summed E-state index contributed by atoms with van der Waals surface area (Å²) in [6.45, 7) is 3.25. The lowest BCUT2D eigenvalue weighted by Gasteiger charge is -2.26. The Morgan fingerprint density at radius 2 is 2.47 bits per heavy atom. The molecule has 1 fully saturated rings. The lowest BCUT2D eigenvalue weighted by atomic mass is 9.96. The van der Waals surface area contributed by atoms with Gasteiger partial charge in [0.1, 0.15) is 5.60 Å². The fourth-order valence-electron chi connectivity index (χ4n) is 2.16. The first-order valence-corrected chi connectivity index (χ1v) is 6.26. The minimum absolute atomic E-state index is 0.190. The number of aliphatic hydroxyl groups is 1. The first kappa shape index (κ1) is 14.0. The van der Waals surface area contributed by atoms with Gasteiger partial charge in [0.2, 0.25) is 5.76 Å². The summed E-state index contributed by atoms with van der Waals surface area (Å²) >= 11 is 0. The molecule has 19 heavy (non-hydrogen) atoms. The molecule has 6 heteroatoms. The van der Waals surface area contributed by atoms with Crippen LogP contribution < -0.4 is 5.32 Å². The van der Waals surface area contributed by atoms with E-state index < -0.39 is 11.6 Å². The highest BCUT2D eigenvalue weighted by molar-refractivity contribution is 5.87. The highest BCUT2D eigenvalue weighted by Gasteiger charge is 2.39. The predicted octanol–water partition coefficient (Wildman–Crippen LogP) is 0.696. The van der Waals surface area contributed by atoms with Gasteiger partial charge in [0.15, 0.2) is 0 Å². The molecular weight excluding hydrogens is 250 g/mol. The Morgan fingerprint density at radius 3 is 3.11 bits per heavy atom. The Morgan fingerprint density at radius 1 is 1.68 bits per heavy atom. The second-order valence-corrected chi connectivity index (χ2v) is 4.74. The first-order valence-electron chi connectivity index (χ1n) is 6.26. The lowest BCUT2D eigenvalue weighted by molar-refractivity contribution is -0.0263. The smallest absolute Gasteiger partial charge is 0.374 e. The fourth-order valence-corrected chi connectivity index (χ4v) is 2.16. The molecule has 1 aliphatic heterocycles. The molecule has 2 N–H and O–H groups in total. The van der Waals surface area contributed by atoms with Crippen molar-refractivity contribution < 1.29 is 23.8 Å². The van der Waals surface area contributed by atoms with Gasteiger partial charge in [-0.3, -0.25) is 0 Å². The largest absolute Gasteiger partial charge is 0.463 e. The zero-order valence-electron chi connectivity index (χ0n) is 11.1. The number of methoxy groups -OCH3 is 1. The van der Waals surface area contributed by atoms with Crippen molar-refractivity contribution in [2.24, 2.45) is 0 Å². The van der Waals surface area contributed by atoms with E-state index in [4.69, 9.17) is 9.15 Å².